The number of piperidine rings is 1. The summed E-state index contributed by atoms with van der Waals surface area (Å²) in [5.74, 6) is 1.08. The lowest BCUT2D eigenvalue weighted by atomic mass is 9.76. The van der Waals surface area contributed by atoms with Crippen molar-refractivity contribution in [3.8, 4) is 11.5 Å². The number of anilines is 1. The zero-order valence-corrected chi connectivity index (χ0v) is 25.0. The highest BCUT2D eigenvalue weighted by molar-refractivity contribution is 6.33. The van der Waals surface area contributed by atoms with E-state index in [4.69, 9.17) is 32.7 Å². The lowest BCUT2D eigenvalue weighted by Gasteiger charge is -2.39. The van der Waals surface area contributed by atoms with Crippen LogP contribution in [0.25, 0.3) is 0 Å². The van der Waals surface area contributed by atoms with Crippen molar-refractivity contribution in [2.75, 3.05) is 19.1 Å². The Morgan fingerprint density at radius 1 is 0.950 bits per heavy atom. The number of benzene rings is 3. The fourth-order valence-electron chi connectivity index (χ4n) is 6.22. The molecule has 2 aliphatic heterocycles. The lowest BCUT2D eigenvalue weighted by Crippen LogP contribution is -2.47. The number of methoxy groups -OCH3 is 2. The fraction of sp³-hybridized carbons (Fsp3) is 0.375. The van der Waals surface area contributed by atoms with Gasteiger partial charge in [-0.05, 0) is 99.7 Å². The van der Waals surface area contributed by atoms with Crippen LogP contribution in [0.15, 0.2) is 54.6 Å². The van der Waals surface area contributed by atoms with Gasteiger partial charge in [-0.3, -0.25) is 9.59 Å². The predicted molar refractivity (Wildman–Crippen MR) is 159 cm³/mol. The molecule has 3 aromatic carbocycles. The van der Waals surface area contributed by atoms with E-state index >= 15 is 0 Å². The van der Waals surface area contributed by atoms with Crippen LogP contribution in [-0.4, -0.2) is 43.0 Å². The Morgan fingerprint density at radius 2 is 1.68 bits per heavy atom. The molecule has 2 aliphatic rings. The van der Waals surface area contributed by atoms with Gasteiger partial charge in [-0.25, -0.2) is 0 Å². The third kappa shape index (κ3) is 4.71. The Labute approximate surface area is 245 Å². The maximum absolute atomic E-state index is 14.4. The second-order valence-corrected chi connectivity index (χ2v) is 11.7. The number of ether oxygens (including phenoxy) is 2. The Balaban J connectivity index is 1.59. The number of likely N-dealkylation sites (tertiary alicyclic amines) is 1. The average molecular weight is 582 g/mol. The van der Waals surface area contributed by atoms with E-state index in [1.807, 2.05) is 36.1 Å². The first kappa shape index (κ1) is 28.3. The summed E-state index contributed by atoms with van der Waals surface area (Å²) < 4.78 is 11.0. The molecule has 0 radical (unpaired) electrons. The second-order valence-electron chi connectivity index (χ2n) is 10.9. The number of amides is 2. The monoisotopic (exact) mass is 580 g/mol. The minimum Gasteiger partial charge on any atom is -0.497 e. The van der Waals surface area contributed by atoms with E-state index in [1.54, 1.807) is 49.5 Å². The van der Waals surface area contributed by atoms with Crippen LogP contribution in [0.3, 0.4) is 0 Å². The Bertz CT molecular complexity index is 1470. The van der Waals surface area contributed by atoms with E-state index in [-0.39, 0.29) is 30.4 Å². The zero-order chi connectivity index (χ0) is 28.8. The average Bonchev–Trinajstić information content (AvgIpc) is 3.15. The molecule has 0 saturated carbocycles. The van der Waals surface area contributed by atoms with Gasteiger partial charge in [0.1, 0.15) is 16.9 Å². The highest BCUT2D eigenvalue weighted by atomic mass is 35.5. The van der Waals surface area contributed by atoms with Crippen molar-refractivity contribution in [3.05, 3.63) is 86.9 Å². The van der Waals surface area contributed by atoms with Crippen molar-refractivity contribution in [2.24, 2.45) is 0 Å². The molecule has 0 aromatic heterocycles. The molecule has 0 aliphatic carbocycles. The van der Waals surface area contributed by atoms with Crippen LogP contribution in [0.5, 0.6) is 11.5 Å². The molecule has 5 rings (SSSR count). The maximum Gasteiger partial charge on any atom is 0.254 e. The minimum atomic E-state index is -1.16. The normalized spacial score (nSPS) is 22.3. The summed E-state index contributed by atoms with van der Waals surface area (Å²) in [6, 6.07) is 16.5. The summed E-state index contributed by atoms with van der Waals surface area (Å²) in [6.07, 6.45) is 3.06. The van der Waals surface area contributed by atoms with Crippen molar-refractivity contribution in [1.82, 2.24) is 4.90 Å². The van der Waals surface area contributed by atoms with Gasteiger partial charge < -0.3 is 19.3 Å². The Hall–Kier alpha value is -3.22. The highest BCUT2D eigenvalue weighted by Crippen LogP contribution is 2.50. The predicted octanol–water partition coefficient (Wildman–Crippen LogP) is 7.27. The van der Waals surface area contributed by atoms with Crippen LogP contribution in [0.1, 0.15) is 67.1 Å². The van der Waals surface area contributed by atoms with Gasteiger partial charge in [0, 0.05) is 45.0 Å². The summed E-state index contributed by atoms with van der Waals surface area (Å²) in [7, 11) is 3.19. The third-order valence-corrected chi connectivity index (χ3v) is 9.03. The Morgan fingerprint density at radius 3 is 2.35 bits per heavy atom. The van der Waals surface area contributed by atoms with Crippen LogP contribution >= 0.6 is 23.2 Å². The topological polar surface area (TPSA) is 59.1 Å². The number of carbonyl (C=O) groups is 2. The smallest absolute Gasteiger partial charge is 0.254 e. The SMILES string of the molecule is COc1ccc(CN2C(=O)C(C)(c3cc(C(=O)N4[C@H](C)CCC[C@@H]4C)ccc3Cl)c3cc(Cl)ccc32)c(OC)c1. The quantitative estimate of drug-likeness (QED) is 0.307. The number of fused-ring (bicyclic) bond motifs is 1. The van der Waals surface area contributed by atoms with Crippen molar-refractivity contribution >= 4 is 40.7 Å². The summed E-state index contributed by atoms with van der Waals surface area (Å²) >= 11 is 13.3. The molecule has 2 heterocycles. The molecule has 1 saturated heterocycles. The molecular weight excluding hydrogens is 547 g/mol. The minimum absolute atomic E-state index is 0.0437. The lowest BCUT2D eigenvalue weighted by molar-refractivity contribution is -0.121. The summed E-state index contributed by atoms with van der Waals surface area (Å²) in [5, 5.41) is 0.933. The van der Waals surface area contributed by atoms with Crippen molar-refractivity contribution in [1.29, 1.82) is 0 Å². The number of nitrogens with zero attached hydrogens (tertiary/aromatic N) is 2. The van der Waals surface area contributed by atoms with Gasteiger partial charge in [0.25, 0.3) is 5.91 Å². The van der Waals surface area contributed by atoms with E-state index in [0.717, 1.165) is 36.1 Å². The second kappa shape index (κ2) is 11.0. The molecule has 8 heteroatoms. The maximum atomic E-state index is 14.4. The van der Waals surface area contributed by atoms with Crippen LogP contribution in [0, 0.1) is 0 Å². The van der Waals surface area contributed by atoms with Crippen LogP contribution in [-0.2, 0) is 16.8 Å². The van der Waals surface area contributed by atoms with E-state index in [2.05, 4.69) is 13.8 Å². The summed E-state index contributed by atoms with van der Waals surface area (Å²) in [5.41, 5.74) is 2.24. The van der Waals surface area contributed by atoms with Gasteiger partial charge in [0.2, 0.25) is 5.91 Å². The first-order chi connectivity index (χ1) is 19.1. The molecule has 2 amide bonds. The molecule has 3 aromatic rings. The molecule has 0 bridgehead atoms. The van der Waals surface area contributed by atoms with Gasteiger partial charge in [0.05, 0.1) is 20.8 Å². The van der Waals surface area contributed by atoms with Crippen molar-refractivity contribution in [2.45, 2.75) is 64.1 Å². The number of halogens is 2. The third-order valence-electron chi connectivity index (χ3n) is 8.46. The van der Waals surface area contributed by atoms with Gasteiger partial charge in [-0.1, -0.05) is 23.2 Å². The van der Waals surface area contributed by atoms with E-state index in [1.165, 1.54) is 0 Å². The molecule has 1 fully saturated rings. The molecule has 6 nitrogen and oxygen atoms in total. The van der Waals surface area contributed by atoms with Gasteiger partial charge in [-0.2, -0.15) is 0 Å². The first-order valence-electron chi connectivity index (χ1n) is 13.6. The summed E-state index contributed by atoms with van der Waals surface area (Å²) in [6.45, 7) is 6.32. The standard InChI is InChI=1S/C32H34Cl2N2O4/c1-19-7-6-8-20(2)36(19)30(37)21-10-13-27(34)25(15-21)32(3)26-16-23(33)11-14-28(26)35(31(32)38)18-22-9-12-24(39-4)17-29(22)40-5/h9-17,19-20H,6-8,18H2,1-5H3/t19-,20+,32?. The number of hydrogen-bond acceptors (Lipinski definition) is 4. The molecular formula is C32H34Cl2N2O4. The van der Waals surface area contributed by atoms with E-state index in [0.29, 0.717) is 32.7 Å². The number of rotatable bonds is 6. The van der Waals surface area contributed by atoms with Crippen LogP contribution in [0.4, 0.5) is 5.69 Å². The van der Waals surface area contributed by atoms with E-state index < -0.39 is 5.41 Å². The number of hydrogen-bond donors (Lipinski definition) is 0. The van der Waals surface area contributed by atoms with Gasteiger partial charge >= 0.3 is 0 Å². The van der Waals surface area contributed by atoms with Gasteiger partial charge in [-0.15, -0.1) is 0 Å². The molecule has 210 valence electrons. The number of carbonyl (C=O) groups excluding carboxylic acids is 2. The largest absolute Gasteiger partial charge is 0.497 e. The molecule has 3 atom stereocenters. The zero-order valence-electron chi connectivity index (χ0n) is 23.5. The highest BCUT2D eigenvalue weighted by Gasteiger charge is 2.50. The Kier molecular flexibility index (Phi) is 7.77. The molecule has 1 unspecified atom stereocenters. The molecule has 40 heavy (non-hydrogen) atoms. The van der Waals surface area contributed by atoms with Crippen LogP contribution < -0.4 is 14.4 Å². The van der Waals surface area contributed by atoms with Gasteiger partial charge in [0.15, 0.2) is 0 Å². The van der Waals surface area contributed by atoms with Crippen LogP contribution in [0.2, 0.25) is 10.0 Å². The van der Waals surface area contributed by atoms with Crippen molar-refractivity contribution < 1.29 is 19.1 Å². The molecule has 0 N–H and O–H groups in total. The van der Waals surface area contributed by atoms with Crippen molar-refractivity contribution in [3.63, 3.8) is 0 Å². The fourth-order valence-corrected chi connectivity index (χ4v) is 6.70. The molecule has 0 spiro atoms. The summed E-state index contributed by atoms with van der Waals surface area (Å²) in [4.78, 5) is 31.9. The first-order valence-corrected chi connectivity index (χ1v) is 14.3. The van der Waals surface area contributed by atoms with E-state index in [9.17, 15) is 9.59 Å².